The normalized spacial score (nSPS) is 17.6. The first kappa shape index (κ1) is 23.7. The lowest BCUT2D eigenvalue weighted by Crippen LogP contribution is -2.30. The van der Waals surface area contributed by atoms with E-state index in [1.807, 2.05) is 0 Å². The Kier molecular flexibility index (Phi) is 5.89. The van der Waals surface area contributed by atoms with Crippen LogP contribution in [0.4, 0.5) is 24.5 Å². The van der Waals surface area contributed by atoms with Crippen LogP contribution in [0, 0.1) is 17.0 Å². The van der Waals surface area contributed by atoms with E-state index in [0.29, 0.717) is 11.1 Å². The van der Waals surface area contributed by atoms with Crippen molar-refractivity contribution in [3.8, 4) is 0 Å². The largest absolute Gasteiger partial charge is 0.507 e. The van der Waals surface area contributed by atoms with Gasteiger partial charge >= 0.3 is 6.18 Å². The lowest BCUT2D eigenvalue weighted by molar-refractivity contribution is -0.384. The summed E-state index contributed by atoms with van der Waals surface area (Å²) in [6.45, 7) is 1.70. The molecule has 1 aliphatic heterocycles. The predicted octanol–water partition coefficient (Wildman–Crippen LogP) is 5.55. The summed E-state index contributed by atoms with van der Waals surface area (Å²) in [5.41, 5.74) is -0.666. The number of hydrogen-bond donors (Lipinski definition) is 1. The summed E-state index contributed by atoms with van der Waals surface area (Å²) in [6, 6.07) is 14.1. The van der Waals surface area contributed by atoms with Crippen LogP contribution < -0.4 is 4.90 Å². The van der Waals surface area contributed by atoms with Crippen LogP contribution in [0.2, 0.25) is 0 Å². The summed E-state index contributed by atoms with van der Waals surface area (Å²) < 4.78 is 40.1. The third-order valence-electron chi connectivity index (χ3n) is 5.73. The van der Waals surface area contributed by atoms with Gasteiger partial charge in [-0.25, -0.2) is 0 Å². The number of rotatable bonds is 4. The molecule has 1 saturated heterocycles. The fourth-order valence-corrected chi connectivity index (χ4v) is 4.02. The Morgan fingerprint density at radius 1 is 1.00 bits per heavy atom. The van der Waals surface area contributed by atoms with Crippen molar-refractivity contribution in [1.82, 2.24) is 0 Å². The van der Waals surface area contributed by atoms with Gasteiger partial charge in [-0.1, -0.05) is 30.3 Å². The second-order valence-corrected chi connectivity index (χ2v) is 7.88. The second-order valence-electron chi connectivity index (χ2n) is 7.88. The molecule has 0 spiro atoms. The lowest BCUT2D eigenvalue weighted by atomic mass is 9.92. The first-order chi connectivity index (χ1) is 16.5. The summed E-state index contributed by atoms with van der Waals surface area (Å²) in [4.78, 5) is 37.5. The molecule has 1 unspecified atom stereocenters. The average molecular weight is 482 g/mol. The Hall–Kier alpha value is -4.47. The number of amides is 1. The van der Waals surface area contributed by atoms with E-state index in [9.17, 15) is 38.0 Å². The number of nitrogens with zero attached hydrogens (tertiary/aromatic N) is 2. The number of halogens is 3. The van der Waals surface area contributed by atoms with Gasteiger partial charge in [0.15, 0.2) is 0 Å². The van der Waals surface area contributed by atoms with Crippen molar-refractivity contribution >= 4 is 28.8 Å². The minimum Gasteiger partial charge on any atom is -0.507 e. The van der Waals surface area contributed by atoms with Gasteiger partial charge in [0.25, 0.3) is 17.4 Å². The number of non-ortho nitro benzene ring substituents is 1. The standard InChI is InChI=1S/C25H17F3N2O5/c1-14-5-2-3-8-19(14)21-20(22(31)15-9-11-17(12-10-15)30(34)35)23(32)24(33)29(21)18-7-4-6-16(13-18)25(26,27)28/h2-13,21,31H,1H3/b22-20+. The van der Waals surface area contributed by atoms with E-state index in [1.165, 1.54) is 18.2 Å². The number of carbonyl (C=O) groups is 2. The highest BCUT2D eigenvalue weighted by Gasteiger charge is 2.47. The number of anilines is 1. The van der Waals surface area contributed by atoms with Gasteiger partial charge in [-0.15, -0.1) is 0 Å². The Morgan fingerprint density at radius 2 is 1.66 bits per heavy atom. The number of nitro benzene ring substituents is 1. The van der Waals surface area contributed by atoms with Crippen molar-refractivity contribution in [1.29, 1.82) is 0 Å². The minimum atomic E-state index is -4.68. The Balaban J connectivity index is 1.94. The highest BCUT2D eigenvalue weighted by molar-refractivity contribution is 6.51. The quantitative estimate of drug-likeness (QED) is 0.173. The molecule has 0 saturated carbocycles. The summed E-state index contributed by atoms with van der Waals surface area (Å²) >= 11 is 0. The van der Waals surface area contributed by atoms with Gasteiger partial charge in [0, 0.05) is 23.4 Å². The minimum absolute atomic E-state index is 0.0382. The summed E-state index contributed by atoms with van der Waals surface area (Å²) in [6.07, 6.45) is -4.68. The third kappa shape index (κ3) is 4.25. The van der Waals surface area contributed by atoms with Gasteiger partial charge in [0.05, 0.1) is 22.1 Å². The summed E-state index contributed by atoms with van der Waals surface area (Å²) in [7, 11) is 0. The molecule has 7 nitrogen and oxygen atoms in total. The van der Waals surface area contributed by atoms with Gasteiger partial charge in [-0.3, -0.25) is 24.6 Å². The number of aryl methyl sites for hydroxylation is 1. The highest BCUT2D eigenvalue weighted by atomic mass is 19.4. The number of carbonyl (C=O) groups excluding carboxylic acids is 2. The molecule has 1 atom stereocenters. The maximum Gasteiger partial charge on any atom is 0.416 e. The van der Waals surface area contributed by atoms with E-state index in [-0.39, 0.29) is 22.5 Å². The van der Waals surface area contributed by atoms with Crippen molar-refractivity contribution in [2.45, 2.75) is 19.1 Å². The summed E-state index contributed by atoms with van der Waals surface area (Å²) in [5.74, 6) is -2.80. The maximum absolute atomic E-state index is 13.4. The number of alkyl halides is 3. The van der Waals surface area contributed by atoms with Gasteiger partial charge in [-0.2, -0.15) is 13.2 Å². The molecule has 1 amide bonds. The van der Waals surface area contributed by atoms with E-state index >= 15 is 0 Å². The zero-order valence-electron chi connectivity index (χ0n) is 18.1. The van der Waals surface area contributed by atoms with Crippen molar-refractivity contribution in [3.63, 3.8) is 0 Å². The fraction of sp³-hybridized carbons (Fsp3) is 0.120. The molecule has 0 aliphatic carbocycles. The highest BCUT2D eigenvalue weighted by Crippen LogP contribution is 2.44. The van der Waals surface area contributed by atoms with Gasteiger partial charge < -0.3 is 5.11 Å². The topological polar surface area (TPSA) is 101 Å². The molecule has 0 radical (unpaired) electrons. The zero-order valence-corrected chi connectivity index (χ0v) is 18.1. The number of benzene rings is 3. The summed E-state index contributed by atoms with van der Waals surface area (Å²) in [5, 5.41) is 22.0. The van der Waals surface area contributed by atoms with E-state index < -0.39 is 40.2 Å². The molecular weight excluding hydrogens is 465 g/mol. The fourth-order valence-electron chi connectivity index (χ4n) is 4.02. The van der Waals surface area contributed by atoms with E-state index in [2.05, 4.69) is 0 Å². The van der Waals surface area contributed by atoms with Gasteiger partial charge in [0.1, 0.15) is 5.76 Å². The molecule has 1 N–H and O–H groups in total. The number of ketones is 1. The number of hydrogen-bond acceptors (Lipinski definition) is 5. The predicted molar refractivity (Wildman–Crippen MR) is 121 cm³/mol. The molecule has 3 aromatic carbocycles. The molecule has 0 bridgehead atoms. The first-order valence-corrected chi connectivity index (χ1v) is 10.3. The smallest absolute Gasteiger partial charge is 0.416 e. The molecule has 1 aliphatic rings. The molecule has 1 fully saturated rings. The molecule has 178 valence electrons. The van der Waals surface area contributed by atoms with Crippen LogP contribution >= 0.6 is 0 Å². The van der Waals surface area contributed by atoms with E-state index in [4.69, 9.17) is 0 Å². The van der Waals surface area contributed by atoms with Crippen molar-refractivity contribution < 1.29 is 32.8 Å². The number of aliphatic hydroxyl groups is 1. The van der Waals surface area contributed by atoms with Crippen LogP contribution in [0.5, 0.6) is 0 Å². The second kappa shape index (κ2) is 8.71. The molecule has 3 aromatic rings. The number of Topliss-reactive ketones (excluding diaryl/α,β-unsaturated/α-hetero) is 1. The first-order valence-electron chi connectivity index (χ1n) is 10.3. The van der Waals surface area contributed by atoms with Gasteiger partial charge in [-0.05, 0) is 48.4 Å². The van der Waals surface area contributed by atoms with Crippen molar-refractivity contribution in [2.24, 2.45) is 0 Å². The maximum atomic E-state index is 13.4. The Morgan fingerprint density at radius 3 is 2.26 bits per heavy atom. The van der Waals surface area contributed by atoms with Crippen molar-refractivity contribution in [2.75, 3.05) is 4.90 Å². The van der Waals surface area contributed by atoms with Crippen molar-refractivity contribution in [3.05, 3.63) is 111 Å². The monoisotopic (exact) mass is 482 g/mol. The zero-order chi connectivity index (χ0) is 25.5. The van der Waals surface area contributed by atoms with E-state index in [0.717, 1.165) is 35.2 Å². The SMILES string of the molecule is Cc1ccccc1C1/C(=C(\O)c2ccc([N+](=O)[O-])cc2)C(=O)C(=O)N1c1cccc(C(F)(F)F)c1. The molecule has 10 heteroatoms. The lowest BCUT2D eigenvalue weighted by Gasteiger charge is -2.27. The number of aliphatic hydroxyl groups excluding tert-OH is 1. The third-order valence-corrected chi connectivity index (χ3v) is 5.73. The molecule has 1 heterocycles. The van der Waals surface area contributed by atoms with Crippen LogP contribution in [0.3, 0.4) is 0 Å². The molecule has 0 aromatic heterocycles. The molecule has 4 rings (SSSR count). The number of nitro groups is 1. The van der Waals surface area contributed by atoms with Crippen LogP contribution in [0.1, 0.15) is 28.3 Å². The molecule has 35 heavy (non-hydrogen) atoms. The average Bonchev–Trinajstić information content (AvgIpc) is 3.08. The van der Waals surface area contributed by atoms with Crippen LogP contribution in [-0.4, -0.2) is 21.7 Å². The van der Waals surface area contributed by atoms with Crippen LogP contribution in [0.25, 0.3) is 5.76 Å². The van der Waals surface area contributed by atoms with Crippen LogP contribution in [0.15, 0.2) is 78.4 Å². The van der Waals surface area contributed by atoms with E-state index in [1.54, 1.807) is 31.2 Å². The Labute approximate surface area is 196 Å². The van der Waals surface area contributed by atoms with Crippen LogP contribution in [-0.2, 0) is 15.8 Å². The Bertz CT molecular complexity index is 1380. The van der Waals surface area contributed by atoms with Gasteiger partial charge in [0.2, 0.25) is 0 Å². The molecular formula is C25H17F3N2O5.